The number of rotatable bonds is 8. The fourth-order valence-corrected chi connectivity index (χ4v) is 4.42. The molecular weight excluding hydrogens is 467 g/mol. The van der Waals surface area contributed by atoms with Crippen LogP contribution in [0.2, 0.25) is 0 Å². The molecular formula is C23H22F3N5O2S. The summed E-state index contributed by atoms with van der Waals surface area (Å²) in [6, 6.07) is 12.9. The van der Waals surface area contributed by atoms with E-state index in [1.54, 1.807) is 0 Å². The number of anilines is 1. The number of aromatic nitrogens is 4. The van der Waals surface area contributed by atoms with Crippen LogP contribution in [0.4, 0.5) is 18.9 Å². The van der Waals surface area contributed by atoms with E-state index in [4.69, 9.17) is 4.98 Å². The van der Waals surface area contributed by atoms with Crippen LogP contribution in [0.3, 0.4) is 0 Å². The van der Waals surface area contributed by atoms with Crippen LogP contribution in [-0.4, -0.2) is 37.3 Å². The van der Waals surface area contributed by atoms with Gasteiger partial charge in [-0.05, 0) is 43.2 Å². The number of amides is 1. The topological polar surface area (TPSA) is 81.9 Å². The number of thioether (sulfide) groups is 1. The Bertz CT molecular complexity index is 1310. The number of nitrogens with zero attached hydrogens (tertiary/aromatic N) is 4. The Labute approximate surface area is 197 Å². The summed E-state index contributed by atoms with van der Waals surface area (Å²) in [7, 11) is 0. The van der Waals surface area contributed by atoms with Crippen molar-refractivity contribution in [1.29, 1.82) is 0 Å². The fraction of sp³-hybridized carbons (Fsp3) is 0.304. The standard InChI is InChI=1S/C23H22F3N5O2S/c1-3-13-31-17-8-6-5-7-16(17)19-20(31)28-22(30-29-19)34-18(4-2)21(32)27-14-9-11-15(12-10-14)33-23(24,25)26/h5-12,18H,3-4,13H2,1-2H3,(H,27,32). The van der Waals surface area contributed by atoms with Gasteiger partial charge in [-0.2, -0.15) is 0 Å². The molecule has 1 amide bonds. The van der Waals surface area contributed by atoms with E-state index >= 15 is 0 Å². The van der Waals surface area contributed by atoms with Crippen LogP contribution in [0.5, 0.6) is 5.75 Å². The minimum absolute atomic E-state index is 0.310. The zero-order chi connectivity index (χ0) is 24.3. The highest BCUT2D eigenvalue weighted by Gasteiger charge is 2.31. The summed E-state index contributed by atoms with van der Waals surface area (Å²) in [5, 5.41) is 12.2. The Kier molecular flexibility index (Phi) is 6.92. The normalized spacial score (nSPS) is 12.7. The van der Waals surface area contributed by atoms with E-state index in [-0.39, 0.29) is 11.7 Å². The zero-order valence-electron chi connectivity index (χ0n) is 18.5. The van der Waals surface area contributed by atoms with E-state index in [9.17, 15) is 18.0 Å². The van der Waals surface area contributed by atoms with Crippen LogP contribution < -0.4 is 10.1 Å². The van der Waals surface area contributed by atoms with Crippen LogP contribution in [0, 0.1) is 0 Å². The van der Waals surface area contributed by atoms with Gasteiger partial charge in [0.05, 0.1) is 10.8 Å². The van der Waals surface area contributed by atoms with Crippen molar-refractivity contribution in [2.24, 2.45) is 0 Å². The third-order valence-electron chi connectivity index (χ3n) is 5.07. The summed E-state index contributed by atoms with van der Waals surface area (Å²) in [6.45, 7) is 4.72. The zero-order valence-corrected chi connectivity index (χ0v) is 19.3. The van der Waals surface area contributed by atoms with Gasteiger partial charge in [0.2, 0.25) is 11.1 Å². The van der Waals surface area contributed by atoms with Gasteiger partial charge in [-0.25, -0.2) is 4.98 Å². The number of ether oxygens (including phenoxy) is 1. The van der Waals surface area contributed by atoms with Crippen LogP contribution in [0.25, 0.3) is 22.1 Å². The molecule has 2 aromatic heterocycles. The van der Waals surface area contributed by atoms with Crippen molar-refractivity contribution < 1.29 is 22.7 Å². The summed E-state index contributed by atoms with van der Waals surface area (Å²) in [5.74, 6) is -0.669. The highest BCUT2D eigenvalue weighted by Crippen LogP contribution is 2.30. The number of halogens is 3. The molecule has 0 aliphatic heterocycles. The van der Waals surface area contributed by atoms with Crippen molar-refractivity contribution in [3.8, 4) is 5.75 Å². The molecule has 0 spiro atoms. The molecule has 0 aliphatic carbocycles. The molecule has 4 aromatic rings. The Morgan fingerprint density at radius 1 is 1.12 bits per heavy atom. The third kappa shape index (κ3) is 5.24. The van der Waals surface area contributed by atoms with Crippen LogP contribution >= 0.6 is 11.8 Å². The van der Waals surface area contributed by atoms with E-state index in [0.717, 1.165) is 41.6 Å². The van der Waals surface area contributed by atoms with Gasteiger partial charge >= 0.3 is 6.36 Å². The predicted molar refractivity (Wildman–Crippen MR) is 125 cm³/mol. The summed E-state index contributed by atoms with van der Waals surface area (Å²) in [4.78, 5) is 17.5. The van der Waals surface area contributed by atoms with Gasteiger partial charge in [0.25, 0.3) is 0 Å². The van der Waals surface area contributed by atoms with Gasteiger partial charge in [-0.1, -0.05) is 43.8 Å². The highest BCUT2D eigenvalue weighted by molar-refractivity contribution is 8.00. The van der Waals surface area contributed by atoms with Gasteiger partial charge in [0.1, 0.15) is 11.3 Å². The number of para-hydroxylation sites is 1. The molecule has 1 atom stereocenters. The number of carbonyl (C=O) groups is 1. The predicted octanol–water partition coefficient (Wildman–Crippen LogP) is 5.80. The monoisotopic (exact) mass is 489 g/mol. The molecule has 11 heteroatoms. The molecule has 0 saturated heterocycles. The molecule has 178 valence electrons. The lowest BCUT2D eigenvalue weighted by Crippen LogP contribution is -2.25. The summed E-state index contributed by atoms with van der Waals surface area (Å²) >= 11 is 1.20. The molecule has 0 bridgehead atoms. The lowest BCUT2D eigenvalue weighted by molar-refractivity contribution is -0.274. The van der Waals surface area contributed by atoms with Gasteiger partial charge in [0, 0.05) is 17.6 Å². The SMILES string of the molecule is CCCn1c2ccccc2c2nnc(SC(CC)C(=O)Nc3ccc(OC(F)(F)F)cc3)nc21. The third-order valence-corrected chi connectivity index (χ3v) is 6.28. The van der Waals surface area contributed by atoms with Gasteiger partial charge < -0.3 is 14.6 Å². The number of hydrogen-bond donors (Lipinski definition) is 1. The average molecular weight is 490 g/mol. The van der Waals surface area contributed by atoms with E-state index in [2.05, 4.69) is 31.7 Å². The maximum atomic E-state index is 12.8. The smallest absolute Gasteiger partial charge is 0.406 e. The first-order chi connectivity index (χ1) is 16.3. The molecule has 0 fully saturated rings. The van der Waals surface area contributed by atoms with Crippen molar-refractivity contribution >= 4 is 45.4 Å². The fourth-order valence-electron chi connectivity index (χ4n) is 3.60. The second-order valence-corrected chi connectivity index (χ2v) is 8.68. The Morgan fingerprint density at radius 3 is 2.53 bits per heavy atom. The lowest BCUT2D eigenvalue weighted by Gasteiger charge is -2.14. The molecule has 1 unspecified atom stereocenters. The number of nitrogens with one attached hydrogen (secondary N) is 1. The van der Waals surface area contributed by atoms with E-state index < -0.39 is 11.6 Å². The second-order valence-electron chi connectivity index (χ2n) is 7.51. The number of aryl methyl sites for hydroxylation is 1. The van der Waals surface area contributed by atoms with Crippen LogP contribution in [0.15, 0.2) is 53.7 Å². The Balaban J connectivity index is 1.52. The summed E-state index contributed by atoms with van der Waals surface area (Å²) in [5.41, 5.74) is 2.82. The number of carbonyl (C=O) groups excluding carboxylic acids is 1. The van der Waals surface area contributed by atoms with Crippen molar-refractivity contribution in [3.05, 3.63) is 48.5 Å². The number of benzene rings is 2. The minimum Gasteiger partial charge on any atom is -0.406 e. The molecule has 2 heterocycles. The van der Waals surface area contributed by atoms with Crippen molar-refractivity contribution in [1.82, 2.24) is 19.7 Å². The van der Waals surface area contributed by atoms with E-state index in [0.29, 0.717) is 22.8 Å². The molecule has 0 radical (unpaired) electrons. The Morgan fingerprint density at radius 2 is 1.85 bits per heavy atom. The highest BCUT2D eigenvalue weighted by atomic mass is 32.2. The van der Waals surface area contributed by atoms with Gasteiger partial charge in [-0.3, -0.25) is 4.79 Å². The van der Waals surface area contributed by atoms with E-state index in [1.807, 2.05) is 31.2 Å². The first-order valence-corrected chi connectivity index (χ1v) is 11.6. The summed E-state index contributed by atoms with van der Waals surface area (Å²) < 4.78 is 42.9. The molecule has 0 aliphatic rings. The van der Waals surface area contributed by atoms with Crippen LogP contribution in [0.1, 0.15) is 26.7 Å². The van der Waals surface area contributed by atoms with E-state index in [1.165, 1.54) is 23.9 Å². The summed E-state index contributed by atoms with van der Waals surface area (Å²) in [6.07, 6.45) is -3.36. The maximum Gasteiger partial charge on any atom is 0.573 e. The lowest BCUT2D eigenvalue weighted by atomic mass is 10.2. The quantitative estimate of drug-likeness (QED) is 0.315. The molecule has 7 nitrogen and oxygen atoms in total. The number of hydrogen-bond acceptors (Lipinski definition) is 6. The molecule has 4 rings (SSSR count). The van der Waals surface area contributed by atoms with Crippen molar-refractivity contribution in [2.75, 3.05) is 5.32 Å². The largest absolute Gasteiger partial charge is 0.573 e. The molecule has 2 aromatic carbocycles. The molecule has 34 heavy (non-hydrogen) atoms. The van der Waals surface area contributed by atoms with Gasteiger partial charge in [-0.15, -0.1) is 23.4 Å². The van der Waals surface area contributed by atoms with Gasteiger partial charge in [0.15, 0.2) is 5.65 Å². The minimum atomic E-state index is -4.77. The van der Waals surface area contributed by atoms with Crippen LogP contribution in [-0.2, 0) is 11.3 Å². The number of alkyl halides is 3. The Hall–Kier alpha value is -3.34. The maximum absolute atomic E-state index is 12.8. The first kappa shape index (κ1) is 23.8. The molecule has 0 saturated carbocycles. The first-order valence-electron chi connectivity index (χ1n) is 10.7. The average Bonchev–Trinajstić information content (AvgIpc) is 3.11. The second kappa shape index (κ2) is 9.88. The molecule has 1 N–H and O–H groups in total. The van der Waals surface area contributed by atoms with Crippen molar-refractivity contribution in [2.45, 2.75) is 50.0 Å². The number of fused-ring (bicyclic) bond motifs is 3. The van der Waals surface area contributed by atoms with Crippen molar-refractivity contribution in [3.63, 3.8) is 0 Å².